The van der Waals surface area contributed by atoms with Crippen molar-refractivity contribution in [3.05, 3.63) is 48.0 Å². The summed E-state index contributed by atoms with van der Waals surface area (Å²) in [7, 11) is 1.99. The van der Waals surface area contributed by atoms with E-state index in [0.717, 1.165) is 37.6 Å². The van der Waals surface area contributed by atoms with Crippen molar-refractivity contribution in [2.75, 3.05) is 18.5 Å². The van der Waals surface area contributed by atoms with Gasteiger partial charge in [-0.05, 0) is 30.7 Å². The Morgan fingerprint density at radius 2 is 1.80 bits per heavy atom. The first-order chi connectivity index (χ1) is 9.79. The van der Waals surface area contributed by atoms with E-state index < -0.39 is 0 Å². The summed E-state index contributed by atoms with van der Waals surface area (Å²) in [4.78, 5) is 14.9. The van der Waals surface area contributed by atoms with Crippen LogP contribution in [0.1, 0.15) is 24.5 Å². The predicted molar refractivity (Wildman–Crippen MR) is 80.4 cm³/mol. The fourth-order valence-corrected chi connectivity index (χ4v) is 1.88. The number of nitrogens with zero attached hydrogens (tertiary/aromatic N) is 4. The maximum atomic E-state index is 4.41. The molecule has 0 atom stereocenters. The van der Waals surface area contributed by atoms with Crippen LogP contribution < -0.4 is 10.2 Å². The van der Waals surface area contributed by atoms with Crippen LogP contribution in [0.25, 0.3) is 0 Å². The largest absolute Gasteiger partial charge is 0.340 e. The first-order valence-corrected chi connectivity index (χ1v) is 6.91. The molecule has 0 amide bonds. The van der Waals surface area contributed by atoms with Crippen LogP contribution >= 0.6 is 0 Å². The third-order valence-electron chi connectivity index (χ3n) is 2.96. The van der Waals surface area contributed by atoms with Gasteiger partial charge in [0.1, 0.15) is 0 Å². The summed E-state index contributed by atoms with van der Waals surface area (Å²) in [5, 5.41) is 3.34. The van der Waals surface area contributed by atoms with Crippen LogP contribution in [0.3, 0.4) is 0 Å². The first kappa shape index (κ1) is 14.4. The van der Waals surface area contributed by atoms with Crippen molar-refractivity contribution in [2.45, 2.75) is 26.4 Å². The van der Waals surface area contributed by atoms with Crippen molar-refractivity contribution < 1.29 is 0 Å². The summed E-state index contributed by atoms with van der Waals surface area (Å²) in [5.74, 6) is 0.737. The van der Waals surface area contributed by atoms with E-state index in [1.54, 1.807) is 12.4 Å². The van der Waals surface area contributed by atoms with Crippen LogP contribution in [0.15, 0.2) is 36.9 Å². The number of hydrogen-bond donors (Lipinski definition) is 1. The van der Waals surface area contributed by atoms with Gasteiger partial charge in [-0.3, -0.25) is 4.98 Å². The number of pyridine rings is 1. The van der Waals surface area contributed by atoms with Gasteiger partial charge in [0.2, 0.25) is 5.95 Å². The molecule has 106 valence electrons. The summed E-state index contributed by atoms with van der Waals surface area (Å²) >= 11 is 0. The van der Waals surface area contributed by atoms with Gasteiger partial charge in [-0.2, -0.15) is 0 Å². The zero-order valence-electron chi connectivity index (χ0n) is 12.1. The molecule has 1 N–H and O–H groups in total. The molecule has 2 heterocycles. The van der Waals surface area contributed by atoms with Crippen molar-refractivity contribution >= 4 is 5.95 Å². The van der Waals surface area contributed by atoms with Crippen molar-refractivity contribution in [1.82, 2.24) is 20.3 Å². The molecule has 0 aromatic carbocycles. The molecule has 5 nitrogen and oxygen atoms in total. The average Bonchev–Trinajstić information content (AvgIpc) is 2.49. The number of nitrogens with one attached hydrogen (secondary N) is 1. The highest BCUT2D eigenvalue weighted by Crippen LogP contribution is 2.09. The number of rotatable bonds is 7. The minimum atomic E-state index is 0.737. The highest BCUT2D eigenvalue weighted by molar-refractivity contribution is 5.30. The van der Waals surface area contributed by atoms with Gasteiger partial charge in [-0.15, -0.1) is 0 Å². The van der Waals surface area contributed by atoms with E-state index >= 15 is 0 Å². The quantitative estimate of drug-likeness (QED) is 0.781. The molecule has 0 aliphatic carbocycles. The molecule has 0 aliphatic heterocycles. The lowest BCUT2D eigenvalue weighted by molar-refractivity contribution is 0.671. The predicted octanol–water partition coefficient (Wildman–Crippen LogP) is 2.01. The lowest BCUT2D eigenvalue weighted by Gasteiger charge is -2.17. The van der Waals surface area contributed by atoms with Gasteiger partial charge >= 0.3 is 0 Å². The van der Waals surface area contributed by atoms with Crippen LogP contribution in [-0.2, 0) is 13.1 Å². The standard InChI is InChI=1S/C15H21N5/c1-3-6-17-9-14-10-18-15(19-11-14)20(2)12-13-4-7-16-8-5-13/h4-5,7-8,10-11,17H,3,6,9,12H2,1-2H3. The third-order valence-corrected chi connectivity index (χ3v) is 2.96. The van der Waals surface area contributed by atoms with Crippen molar-refractivity contribution in [1.29, 1.82) is 0 Å². The Balaban J connectivity index is 1.92. The molecular weight excluding hydrogens is 250 g/mol. The maximum Gasteiger partial charge on any atom is 0.225 e. The summed E-state index contributed by atoms with van der Waals surface area (Å²) < 4.78 is 0. The zero-order chi connectivity index (χ0) is 14.2. The molecule has 0 saturated carbocycles. The summed E-state index contributed by atoms with van der Waals surface area (Å²) in [6.07, 6.45) is 8.49. The van der Waals surface area contributed by atoms with E-state index in [1.165, 1.54) is 5.56 Å². The van der Waals surface area contributed by atoms with Crippen molar-refractivity contribution in [3.8, 4) is 0 Å². The molecular formula is C15H21N5. The minimum Gasteiger partial charge on any atom is -0.340 e. The van der Waals surface area contributed by atoms with E-state index in [9.17, 15) is 0 Å². The van der Waals surface area contributed by atoms with Gasteiger partial charge in [0, 0.05) is 50.5 Å². The molecule has 0 fully saturated rings. The Hall–Kier alpha value is -2.01. The van der Waals surface area contributed by atoms with Gasteiger partial charge in [0.25, 0.3) is 0 Å². The Labute approximate surface area is 120 Å². The molecule has 0 radical (unpaired) electrons. The van der Waals surface area contributed by atoms with Crippen LogP contribution in [-0.4, -0.2) is 28.5 Å². The Morgan fingerprint density at radius 1 is 1.10 bits per heavy atom. The van der Waals surface area contributed by atoms with Crippen LogP contribution in [0, 0.1) is 0 Å². The fraction of sp³-hybridized carbons (Fsp3) is 0.400. The van der Waals surface area contributed by atoms with Gasteiger partial charge < -0.3 is 10.2 Å². The highest BCUT2D eigenvalue weighted by Gasteiger charge is 2.05. The Bertz CT molecular complexity index is 497. The topological polar surface area (TPSA) is 53.9 Å². The second-order valence-electron chi connectivity index (χ2n) is 4.78. The van der Waals surface area contributed by atoms with Gasteiger partial charge in [-0.25, -0.2) is 9.97 Å². The lowest BCUT2D eigenvalue weighted by atomic mass is 10.2. The van der Waals surface area contributed by atoms with Crippen LogP contribution in [0.2, 0.25) is 0 Å². The molecule has 5 heteroatoms. The summed E-state index contributed by atoms with van der Waals surface area (Å²) in [5.41, 5.74) is 2.30. The number of aromatic nitrogens is 3. The SMILES string of the molecule is CCCNCc1cnc(N(C)Cc2ccncc2)nc1. The average molecular weight is 271 g/mol. The highest BCUT2D eigenvalue weighted by atomic mass is 15.2. The number of hydrogen-bond acceptors (Lipinski definition) is 5. The smallest absolute Gasteiger partial charge is 0.225 e. The van der Waals surface area contributed by atoms with Crippen molar-refractivity contribution in [2.24, 2.45) is 0 Å². The number of anilines is 1. The second-order valence-corrected chi connectivity index (χ2v) is 4.78. The van der Waals surface area contributed by atoms with E-state index in [-0.39, 0.29) is 0 Å². The molecule has 0 bridgehead atoms. The van der Waals surface area contributed by atoms with Gasteiger partial charge in [0.15, 0.2) is 0 Å². The van der Waals surface area contributed by atoms with Crippen molar-refractivity contribution in [3.63, 3.8) is 0 Å². The van der Waals surface area contributed by atoms with Crippen LogP contribution in [0.5, 0.6) is 0 Å². The Morgan fingerprint density at radius 3 is 2.45 bits per heavy atom. The molecule has 20 heavy (non-hydrogen) atoms. The second kappa shape index (κ2) is 7.55. The lowest BCUT2D eigenvalue weighted by Crippen LogP contribution is -2.20. The third kappa shape index (κ3) is 4.28. The minimum absolute atomic E-state index is 0.737. The van der Waals surface area contributed by atoms with Gasteiger partial charge in [0.05, 0.1) is 0 Å². The van der Waals surface area contributed by atoms with Gasteiger partial charge in [-0.1, -0.05) is 6.92 Å². The van der Waals surface area contributed by atoms with E-state index in [2.05, 4.69) is 27.2 Å². The maximum absolute atomic E-state index is 4.41. The summed E-state index contributed by atoms with van der Waals surface area (Å²) in [6, 6.07) is 4.00. The summed E-state index contributed by atoms with van der Waals surface area (Å²) in [6.45, 7) is 4.77. The molecule has 2 rings (SSSR count). The van der Waals surface area contributed by atoms with E-state index in [1.807, 2.05) is 36.5 Å². The Kier molecular flexibility index (Phi) is 5.43. The van der Waals surface area contributed by atoms with Crippen LogP contribution in [0.4, 0.5) is 5.95 Å². The molecule has 2 aromatic rings. The monoisotopic (exact) mass is 271 g/mol. The molecule has 0 unspecified atom stereocenters. The normalized spacial score (nSPS) is 10.5. The molecule has 2 aromatic heterocycles. The molecule has 0 aliphatic rings. The van der Waals surface area contributed by atoms with E-state index in [0.29, 0.717) is 0 Å². The zero-order valence-corrected chi connectivity index (χ0v) is 12.1. The first-order valence-electron chi connectivity index (χ1n) is 6.91. The van der Waals surface area contributed by atoms with E-state index in [4.69, 9.17) is 0 Å². The molecule has 0 saturated heterocycles. The fourth-order valence-electron chi connectivity index (χ4n) is 1.88. The molecule has 0 spiro atoms.